The molecule has 0 aromatic carbocycles. The Bertz CT molecular complexity index is 359. The van der Waals surface area contributed by atoms with E-state index in [1.807, 2.05) is 0 Å². The number of allylic oxidation sites excluding steroid dienone is 1. The molecule has 14 heavy (non-hydrogen) atoms. The maximum Gasteiger partial charge on any atom is 0.342 e. The molecule has 0 fully saturated rings. The van der Waals surface area contributed by atoms with Gasteiger partial charge in [-0.15, -0.1) is 0 Å². The molecule has 76 valence electrons. The lowest BCUT2D eigenvalue weighted by Crippen LogP contribution is -2.04. The van der Waals surface area contributed by atoms with Crippen LogP contribution in [0.5, 0.6) is 0 Å². The van der Waals surface area contributed by atoms with Crippen LogP contribution in [0.25, 0.3) is 0 Å². The lowest BCUT2D eigenvalue weighted by atomic mass is 10.4. The van der Waals surface area contributed by atoms with E-state index in [4.69, 9.17) is 11.6 Å². The normalized spacial score (nSPS) is 11.0. The summed E-state index contributed by atoms with van der Waals surface area (Å²) in [5.41, 5.74) is 1.40. The Hall–Kier alpha value is -1.36. The molecule has 0 radical (unpaired) electrons. The second kappa shape index (κ2) is 4.76. The summed E-state index contributed by atoms with van der Waals surface area (Å²) in [6.07, 6.45) is 3.66. The van der Waals surface area contributed by atoms with Crippen molar-refractivity contribution in [2.24, 2.45) is 0 Å². The molecule has 1 heterocycles. The number of halogens is 1. The van der Waals surface area contributed by atoms with Gasteiger partial charge >= 0.3 is 5.82 Å². The van der Waals surface area contributed by atoms with Crippen molar-refractivity contribution in [3.8, 4) is 0 Å². The van der Waals surface area contributed by atoms with E-state index in [-0.39, 0.29) is 5.82 Å². The molecule has 6 heteroatoms. The molecule has 0 amide bonds. The molecule has 0 saturated heterocycles. The van der Waals surface area contributed by atoms with Crippen LogP contribution in [-0.2, 0) is 6.54 Å². The van der Waals surface area contributed by atoms with Gasteiger partial charge in [0.15, 0.2) is 5.82 Å². The molecule has 0 bridgehead atoms. The number of aryl methyl sites for hydroxylation is 1. The SMILES string of the molecule is Cc1ncc([N+](=O)[O-])n1CC/C=C/Cl. The summed E-state index contributed by atoms with van der Waals surface area (Å²) in [4.78, 5) is 14.0. The predicted molar refractivity (Wildman–Crippen MR) is 53.2 cm³/mol. The first kappa shape index (κ1) is 10.7. The topological polar surface area (TPSA) is 61.0 Å². The molecule has 0 N–H and O–H groups in total. The standard InChI is InChI=1S/C8H10ClN3O2/c1-7-10-6-8(12(13)14)11(7)5-3-2-4-9/h2,4,6H,3,5H2,1H3/b4-2+. The van der Waals surface area contributed by atoms with Gasteiger partial charge in [0.05, 0.1) is 6.54 Å². The molecule has 1 aromatic rings. The minimum absolute atomic E-state index is 0.0190. The molecular weight excluding hydrogens is 206 g/mol. The van der Waals surface area contributed by atoms with Crippen LogP contribution in [0.1, 0.15) is 12.2 Å². The van der Waals surface area contributed by atoms with Gasteiger partial charge in [0, 0.05) is 18.9 Å². The lowest BCUT2D eigenvalue weighted by molar-refractivity contribution is -0.392. The van der Waals surface area contributed by atoms with Crippen LogP contribution >= 0.6 is 11.6 Å². The van der Waals surface area contributed by atoms with E-state index in [2.05, 4.69) is 4.98 Å². The predicted octanol–water partition coefficient (Wildman–Crippen LogP) is 2.24. The smallest absolute Gasteiger partial charge is 0.342 e. The Balaban J connectivity index is 2.82. The zero-order valence-electron chi connectivity index (χ0n) is 7.68. The highest BCUT2D eigenvalue weighted by Gasteiger charge is 2.15. The van der Waals surface area contributed by atoms with Crippen molar-refractivity contribution in [3.05, 3.63) is 33.7 Å². The van der Waals surface area contributed by atoms with E-state index in [1.165, 1.54) is 11.7 Å². The van der Waals surface area contributed by atoms with Crippen LogP contribution in [0.15, 0.2) is 17.8 Å². The van der Waals surface area contributed by atoms with Gasteiger partial charge in [-0.1, -0.05) is 17.7 Å². The molecule has 0 saturated carbocycles. The number of rotatable bonds is 4. The Kier molecular flexibility index (Phi) is 3.64. The molecule has 1 rings (SSSR count). The van der Waals surface area contributed by atoms with Crippen LogP contribution in [0.3, 0.4) is 0 Å². The first-order valence-corrected chi connectivity index (χ1v) is 4.52. The molecule has 0 spiro atoms. The Morgan fingerprint density at radius 1 is 1.79 bits per heavy atom. The molecule has 0 aliphatic rings. The van der Waals surface area contributed by atoms with Crippen molar-refractivity contribution in [3.63, 3.8) is 0 Å². The average molecular weight is 216 g/mol. The summed E-state index contributed by atoms with van der Waals surface area (Å²) < 4.78 is 1.55. The minimum atomic E-state index is -0.440. The van der Waals surface area contributed by atoms with Gasteiger partial charge in [0.2, 0.25) is 0 Å². The van der Waals surface area contributed by atoms with E-state index in [9.17, 15) is 10.1 Å². The first-order valence-electron chi connectivity index (χ1n) is 4.08. The summed E-state index contributed by atoms with van der Waals surface area (Å²) in [6, 6.07) is 0. The first-order chi connectivity index (χ1) is 6.66. The van der Waals surface area contributed by atoms with Crippen LogP contribution in [0, 0.1) is 17.0 Å². The van der Waals surface area contributed by atoms with E-state index in [0.29, 0.717) is 18.8 Å². The largest absolute Gasteiger partial charge is 0.358 e. The van der Waals surface area contributed by atoms with Crippen molar-refractivity contribution in [1.29, 1.82) is 0 Å². The Morgan fingerprint density at radius 3 is 3.07 bits per heavy atom. The summed E-state index contributed by atoms with van der Waals surface area (Å²) >= 11 is 5.34. The van der Waals surface area contributed by atoms with Crippen molar-refractivity contribution < 1.29 is 4.92 Å². The van der Waals surface area contributed by atoms with Crippen LogP contribution < -0.4 is 0 Å². The molecule has 0 aliphatic carbocycles. The second-order valence-corrected chi connectivity index (χ2v) is 2.97. The van der Waals surface area contributed by atoms with Crippen molar-refractivity contribution >= 4 is 17.4 Å². The molecule has 1 aromatic heterocycles. The van der Waals surface area contributed by atoms with E-state index in [1.54, 1.807) is 17.6 Å². The van der Waals surface area contributed by atoms with Crippen molar-refractivity contribution in [1.82, 2.24) is 9.55 Å². The highest BCUT2D eigenvalue weighted by atomic mass is 35.5. The van der Waals surface area contributed by atoms with Crippen LogP contribution in [-0.4, -0.2) is 14.5 Å². The fourth-order valence-corrected chi connectivity index (χ4v) is 1.27. The number of hydrogen-bond acceptors (Lipinski definition) is 3. The van der Waals surface area contributed by atoms with E-state index < -0.39 is 4.92 Å². The van der Waals surface area contributed by atoms with Gasteiger partial charge in [-0.05, 0) is 4.92 Å². The second-order valence-electron chi connectivity index (χ2n) is 2.72. The highest BCUT2D eigenvalue weighted by Crippen LogP contribution is 2.14. The molecule has 0 aliphatic heterocycles. The summed E-state index contributed by atoms with van der Waals surface area (Å²) in [5, 5.41) is 10.6. The molecule has 0 atom stereocenters. The quantitative estimate of drug-likeness (QED) is 0.572. The summed E-state index contributed by atoms with van der Waals surface area (Å²) in [5.74, 6) is 0.658. The number of nitro groups is 1. The fourth-order valence-electron chi connectivity index (χ4n) is 1.14. The average Bonchev–Trinajstić information content (AvgIpc) is 2.48. The minimum Gasteiger partial charge on any atom is -0.358 e. The van der Waals surface area contributed by atoms with E-state index in [0.717, 1.165) is 0 Å². The number of nitrogens with zero attached hydrogens (tertiary/aromatic N) is 3. The third-order valence-electron chi connectivity index (χ3n) is 1.83. The number of aromatic nitrogens is 2. The van der Waals surface area contributed by atoms with Gasteiger partial charge < -0.3 is 10.1 Å². The molecule has 0 unspecified atom stereocenters. The highest BCUT2D eigenvalue weighted by molar-refractivity contribution is 6.25. The number of imidazole rings is 1. The van der Waals surface area contributed by atoms with E-state index >= 15 is 0 Å². The summed E-state index contributed by atoms with van der Waals surface area (Å²) in [7, 11) is 0. The van der Waals surface area contributed by atoms with Gasteiger partial charge in [-0.25, -0.2) is 9.55 Å². The third-order valence-corrected chi connectivity index (χ3v) is 2.01. The maximum atomic E-state index is 10.6. The zero-order valence-corrected chi connectivity index (χ0v) is 8.44. The zero-order chi connectivity index (χ0) is 10.6. The number of hydrogen-bond donors (Lipinski definition) is 0. The van der Waals surface area contributed by atoms with Crippen LogP contribution in [0.4, 0.5) is 5.82 Å². The lowest BCUT2D eigenvalue weighted by Gasteiger charge is -1.99. The molecular formula is C8H10ClN3O2. The summed E-state index contributed by atoms with van der Waals surface area (Å²) in [6.45, 7) is 2.25. The Labute approximate surface area is 86.2 Å². The van der Waals surface area contributed by atoms with Gasteiger partial charge in [-0.2, -0.15) is 0 Å². The van der Waals surface area contributed by atoms with Crippen LogP contribution in [0.2, 0.25) is 0 Å². The molecule has 5 nitrogen and oxygen atoms in total. The monoisotopic (exact) mass is 215 g/mol. The Morgan fingerprint density at radius 2 is 2.50 bits per heavy atom. The fraction of sp³-hybridized carbons (Fsp3) is 0.375. The third kappa shape index (κ3) is 2.32. The van der Waals surface area contributed by atoms with Crippen molar-refractivity contribution in [2.45, 2.75) is 19.9 Å². The van der Waals surface area contributed by atoms with Crippen molar-refractivity contribution in [2.75, 3.05) is 0 Å². The maximum absolute atomic E-state index is 10.6. The van der Waals surface area contributed by atoms with Gasteiger partial charge in [-0.3, -0.25) is 0 Å². The van der Waals surface area contributed by atoms with Gasteiger partial charge in [0.25, 0.3) is 0 Å². The van der Waals surface area contributed by atoms with Gasteiger partial charge in [0.1, 0.15) is 6.20 Å².